The summed E-state index contributed by atoms with van der Waals surface area (Å²) in [6, 6.07) is 0. The number of hydrogen-bond donors (Lipinski definition) is 2. The highest BCUT2D eigenvalue weighted by molar-refractivity contribution is 7.89. The first-order valence-electron chi connectivity index (χ1n) is 5.59. The number of hydrogen-bond acceptors (Lipinski definition) is 5. The number of nitrogens with one attached hydrogen (secondary N) is 1. The van der Waals surface area contributed by atoms with E-state index in [-0.39, 0.29) is 5.75 Å². The van der Waals surface area contributed by atoms with Gasteiger partial charge in [-0.3, -0.25) is 4.90 Å². The van der Waals surface area contributed by atoms with Crippen molar-refractivity contribution in [2.75, 3.05) is 51.7 Å². The number of sulfonamides is 1. The van der Waals surface area contributed by atoms with Gasteiger partial charge in [0.1, 0.15) is 0 Å². The summed E-state index contributed by atoms with van der Waals surface area (Å²) in [4.78, 5) is 2.35. The van der Waals surface area contributed by atoms with E-state index in [1.807, 2.05) is 0 Å². The van der Waals surface area contributed by atoms with Crippen molar-refractivity contribution in [1.29, 1.82) is 0 Å². The van der Waals surface area contributed by atoms with Crippen molar-refractivity contribution in [2.24, 2.45) is 5.14 Å². The second kappa shape index (κ2) is 7.18. The molecule has 1 heterocycles. The van der Waals surface area contributed by atoms with Gasteiger partial charge < -0.3 is 10.1 Å². The summed E-state index contributed by atoms with van der Waals surface area (Å²) in [7, 11) is -3.32. The number of morpholine rings is 1. The van der Waals surface area contributed by atoms with E-state index in [1.165, 1.54) is 0 Å². The van der Waals surface area contributed by atoms with Crippen molar-refractivity contribution >= 4 is 10.0 Å². The van der Waals surface area contributed by atoms with Crippen LogP contribution in [0.2, 0.25) is 0 Å². The molecule has 1 rings (SSSR count). The van der Waals surface area contributed by atoms with Crippen molar-refractivity contribution in [1.82, 2.24) is 10.2 Å². The van der Waals surface area contributed by atoms with Crippen LogP contribution in [0.5, 0.6) is 0 Å². The van der Waals surface area contributed by atoms with Crippen LogP contribution in [0.1, 0.15) is 6.42 Å². The van der Waals surface area contributed by atoms with Gasteiger partial charge in [0.2, 0.25) is 10.0 Å². The predicted octanol–water partition coefficient (Wildman–Crippen LogP) is -1.41. The van der Waals surface area contributed by atoms with Crippen LogP contribution in [0, 0.1) is 0 Å². The number of nitrogens with two attached hydrogens (primary N) is 1. The van der Waals surface area contributed by atoms with Gasteiger partial charge in [0.25, 0.3) is 0 Å². The van der Waals surface area contributed by atoms with Gasteiger partial charge in [-0.1, -0.05) is 0 Å². The highest BCUT2D eigenvalue weighted by Gasteiger charge is 2.08. The largest absolute Gasteiger partial charge is 0.379 e. The zero-order valence-electron chi connectivity index (χ0n) is 9.52. The van der Waals surface area contributed by atoms with Gasteiger partial charge in [0, 0.05) is 19.6 Å². The van der Waals surface area contributed by atoms with Crippen molar-refractivity contribution in [2.45, 2.75) is 6.42 Å². The van der Waals surface area contributed by atoms with Crippen LogP contribution in [0.25, 0.3) is 0 Å². The molecular formula is C9H21N3O3S. The van der Waals surface area contributed by atoms with Gasteiger partial charge in [0.05, 0.1) is 19.0 Å². The molecule has 96 valence electrons. The molecule has 0 aromatic rings. The molecule has 0 bridgehead atoms. The maximum absolute atomic E-state index is 10.6. The lowest BCUT2D eigenvalue weighted by Gasteiger charge is -2.26. The molecule has 1 saturated heterocycles. The second-order valence-electron chi connectivity index (χ2n) is 3.92. The minimum Gasteiger partial charge on any atom is -0.379 e. The van der Waals surface area contributed by atoms with Crippen LogP contribution in [0.3, 0.4) is 0 Å². The number of ether oxygens (including phenoxy) is 1. The Kier molecular flexibility index (Phi) is 6.22. The van der Waals surface area contributed by atoms with E-state index in [0.717, 1.165) is 45.8 Å². The van der Waals surface area contributed by atoms with Crippen molar-refractivity contribution < 1.29 is 13.2 Å². The maximum atomic E-state index is 10.6. The molecule has 0 aliphatic carbocycles. The minimum absolute atomic E-state index is 0.00452. The summed E-state index contributed by atoms with van der Waals surface area (Å²) < 4.78 is 26.5. The summed E-state index contributed by atoms with van der Waals surface area (Å²) in [5.41, 5.74) is 0. The molecule has 0 aromatic carbocycles. The molecule has 0 spiro atoms. The molecule has 6 nitrogen and oxygen atoms in total. The average molecular weight is 251 g/mol. The Morgan fingerprint density at radius 2 is 1.94 bits per heavy atom. The molecule has 1 aliphatic heterocycles. The Morgan fingerprint density at radius 3 is 2.56 bits per heavy atom. The van der Waals surface area contributed by atoms with Crippen molar-refractivity contribution in [3.63, 3.8) is 0 Å². The third kappa shape index (κ3) is 7.13. The van der Waals surface area contributed by atoms with Crippen LogP contribution < -0.4 is 10.5 Å². The van der Waals surface area contributed by atoms with Gasteiger partial charge in [0.15, 0.2) is 0 Å². The summed E-state index contributed by atoms with van der Waals surface area (Å²) in [6.07, 6.45) is 1.02. The monoisotopic (exact) mass is 251 g/mol. The maximum Gasteiger partial charge on any atom is 0.210 e. The molecule has 0 aromatic heterocycles. The molecule has 1 fully saturated rings. The van der Waals surface area contributed by atoms with E-state index < -0.39 is 10.0 Å². The first-order valence-corrected chi connectivity index (χ1v) is 7.31. The third-order valence-electron chi connectivity index (χ3n) is 2.49. The number of primary sulfonamides is 1. The SMILES string of the molecule is NS(=O)(=O)CCNCCCN1CCOCC1. The van der Waals surface area contributed by atoms with Crippen LogP contribution in [-0.4, -0.2) is 65.0 Å². The van der Waals surface area contributed by atoms with E-state index in [2.05, 4.69) is 10.2 Å². The molecule has 0 atom stereocenters. The smallest absolute Gasteiger partial charge is 0.210 e. The third-order valence-corrected chi connectivity index (χ3v) is 3.27. The van der Waals surface area contributed by atoms with Crippen LogP contribution in [0.15, 0.2) is 0 Å². The first-order chi connectivity index (χ1) is 7.58. The zero-order chi connectivity index (χ0) is 11.9. The van der Waals surface area contributed by atoms with Gasteiger partial charge in [-0.2, -0.15) is 0 Å². The van der Waals surface area contributed by atoms with E-state index in [0.29, 0.717) is 6.54 Å². The molecule has 7 heteroatoms. The van der Waals surface area contributed by atoms with Crippen LogP contribution in [0.4, 0.5) is 0 Å². The molecule has 3 N–H and O–H groups in total. The van der Waals surface area contributed by atoms with Crippen LogP contribution in [-0.2, 0) is 14.8 Å². The first kappa shape index (κ1) is 13.9. The Balaban J connectivity index is 1.91. The zero-order valence-corrected chi connectivity index (χ0v) is 10.3. The minimum atomic E-state index is -3.32. The Hall–Kier alpha value is -0.210. The molecule has 16 heavy (non-hydrogen) atoms. The lowest BCUT2D eigenvalue weighted by Crippen LogP contribution is -2.38. The standard InChI is InChI=1S/C9H21N3O3S/c10-16(13,14)9-3-11-2-1-4-12-5-7-15-8-6-12/h11H,1-9H2,(H2,10,13,14). The lowest BCUT2D eigenvalue weighted by atomic mass is 10.3. The number of nitrogens with zero attached hydrogens (tertiary/aromatic N) is 1. The van der Waals surface area contributed by atoms with Gasteiger partial charge in [-0.15, -0.1) is 0 Å². The van der Waals surface area contributed by atoms with Gasteiger partial charge in [-0.25, -0.2) is 13.6 Å². The molecular weight excluding hydrogens is 230 g/mol. The average Bonchev–Trinajstić information content (AvgIpc) is 2.23. The van der Waals surface area contributed by atoms with Gasteiger partial charge in [-0.05, 0) is 19.5 Å². The Labute approximate surface area is 97.2 Å². The second-order valence-corrected chi connectivity index (χ2v) is 5.66. The van der Waals surface area contributed by atoms with Crippen molar-refractivity contribution in [3.05, 3.63) is 0 Å². The Bertz CT molecular complexity index is 276. The topological polar surface area (TPSA) is 84.7 Å². The summed E-state index contributed by atoms with van der Waals surface area (Å²) in [6.45, 7) is 5.92. The summed E-state index contributed by atoms with van der Waals surface area (Å²) >= 11 is 0. The lowest BCUT2D eigenvalue weighted by molar-refractivity contribution is 0.0375. The van der Waals surface area contributed by atoms with E-state index in [9.17, 15) is 8.42 Å². The highest BCUT2D eigenvalue weighted by atomic mass is 32.2. The van der Waals surface area contributed by atoms with E-state index >= 15 is 0 Å². The van der Waals surface area contributed by atoms with E-state index in [4.69, 9.17) is 9.88 Å². The fraction of sp³-hybridized carbons (Fsp3) is 1.00. The summed E-state index contributed by atoms with van der Waals surface area (Å²) in [5, 5.41) is 7.94. The normalized spacial score (nSPS) is 18.8. The van der Waals surface area contributed by atoms with Crippen LogP contribution >= 0.6 is 0 Å². The molecule has 0 unspecified atom stereocenters. The highest BCUT2D eigenvalue weighted by Crippen LogP contribution is 1.97. The van der Waals surface area contributed by atoms with Crippen molar-refractivity contribution in [3.8, 4) is 0 Å². The van der Waals surface area contributed by atoms with E-state index in [1.54, 1.807) is 0 Å². The summed E-state index contributed by atoms with van der Waals surface area (Å²) in [5.74, 6) is 0.00452. The molecule has 1 aliphatic rings. The predicted molar refractivity (Wildman–Crippen MR) is 62.7 cm³/mol. The fourth-order valence-corrected chi connectivity index (χ4v) is 2.02. The van der Waals surface area contributed by atoms with Gasteiger partial charge >= 0.3 is 0 Å². The Morgan fingerprint density at radius 1 is 1.25 bits per heavy atom. The number of rotatable bonds is 7. The molecule has 0 radical (unpaired) electrons. The quantitative estimate of drug-likeness (QED) is 0.543. The molecule has 0 saturated carbocycles. The molecule has 0 amide bonds. The fourth-order valence-electron chi connectivity index (χ4n) is 1.59.